The smallest absolute Gasteiger partial charge is 0.191 e. The quantitative estimate of drug-likeness (QED) is 0.405. The van der Waals surface area contributed by atoms with Gasteiger partial charge in [-0.1, -0.05) is 37.1 Å². The van der Waals surface area contributed by atoms with Gasteiger partial charge in [-0.05, 0) is 24.0 Å². The van der Waals surface area contributed by atoms with Crippen LogP contribution in [0.15, 0.2) is 29.3 Å². The van der Waals surface area contributed by atoms with E-state index >= 15 is 0 Å². The number of halogens is 1. The van der Waals surface area contributed by atoms with E-state index < -0.39 is 0 Å². The number of ether oxygens (including phenoxy) is 1. The lowest BCUT2D eigenvalue weighted by Crippen LogP contribution is -2.42. The van der Waals surface area contributed by atoms with E-state index in [4.69, 9.17) is 4.74 Å². The fraction of sp³-hybridized carbons (Fsp3) is 0.632. The van der Waals surface area contributed by atoms with Gasteiger partial charge in [0.25, 0.3) is 0 Å². The Labute approximate surface area is 168 Å². The van der Waals surface area contributed by atoms with Crippen LogP contribution in [0.2, 0.25) is 0 Å². The molecule has 1 aromatic rings. The van der Waals surface area contributed by atoms with Crippen molar-refractivity contribution in [2.24, 2.45) is 4.99 Å². The number of benzene rings is 1. The molecule has 1 saturated heterocycles. The van der Waals surface area contributed by atoms with Gasteiger partial charge < -0.3 is 15.4 Å². The highest BCUT2D eigenvalue weighted by molar-refractivity contribution is 14.0. The van der Waals surface area contributed by atoms with Crippen molar-refractivity contribution in [2.75, 3.05) is 33.4 Å². The van der Waals surface area contributed by atoms with E-state index in [2.05, 4.69) is 44.8 Å². The topological polar surface area (TPSA) is 48.9 Å². The monoisotopic (exact) mass is 458 g/mol. The zero-order valence-electron chi connectivity index (χ0n) is 15.2. The van der Waals surface area contributed by atoms with Gasteiger partial charge in [0.15, 0.2) is 5.96 Å². The number of hydrogen-bond donors (Lipinski definition) is 2. The molecule has 0 aromatic heterocycles. The molecule has 1 aliphatic heterocycles. The van der Waals surface area contributed by atoms with Crippen molar-refractivity contribution >= 4 is 29.9 Å². The molecule has 1 saturated carbocycles. The standard InChI is InChI=1S/C19H30N4O.HI/c1-20-19(22-18-8-4-5-9-18)21-14-16-6-2-3-7-17(16)15-23-10-12-24-13-11-23;/h2-3,6-7,18H,4-5,8-15H2,1H3,(H2,20,21,22);1H. The molecule has 2 N–H and O–H groups in total. The van der Waals surface area contributed by atoms with Gasteiger partial charge in [0, 0.05) is 39.3 Å². The van der Waals surface area contributed by atoms with Crippen molar-refractivity contribution in [1.82, 2.24) is 15.5 Å². The molecule has 0 radical (unpaired) electrons. The third-order valence-electron chi connectivity index (χ3n) is 4.98. The molecule has 6 heteroatoms. The second kappa shape index (κ2) is 11.0. The van der Waals surface area contributed by atoms with Crippen LogP contribution in [0.1, 0.15) is 36.8 Å². The lowest BCUT2D eigenvalue weighted by Gasteiger charge is -2.27. The maximum atomic E-state index is 5.45. The van der Waals surface area contributed by atoms with E-state index in [0.717, 1.165) is 45.4 Å². The lowest BCUT2D eigenvalue weighted by molar-refractivity contribution is 0.0341. The van der Waals surface area contributed by atoms with E-state index in [1.165, 1.54) is 36.8 Å². The molecule has 0 amide bonds. The van der Waals surface area contributed by atoms with Gasteiger partial charge in [-0.25, -0.2) is 0 Å². The summed E-state index contributed by atoms with van der Waals surface area (Å²) in [6.45, 7) is 5.54. The second-order valence-corrected chi connectivity index (χ2v) is 6.71. The molecule has 2 aliphatic rings. The molecule has 1 aromatic carbocycles. The van der Waals surface area contributed by atoms with E-state index in [9.17, 15) is 0 Å². The summed E-state index contributed by atoms with van der Waals surface area (Å²) in [5.74, 6) is 0.920. The van der Waals surface area contributed by atoms with E-state index in [-0.39, 0.29) is 24.0 Å². The minimum Gasteiger partial charge on any atom is -0.379 e. The van der Waals surface area contributed by atoms with Crippen LogP contribution in [0, 0.1) is 0 Å². The summed E-state index contributed by atoms with van der Waals surface area (Å²) in [5, 5.41) is 7.03. The fourth-order valence-electron chi connectivity index (χ4n) is 3.52. The molecular weight excluding hydrogens is 427 g/mol. The average molecular weight is 458 g/mol. The molecule has 0 spiro atoms. The largest absolute Gasteiger partial charge is 0.379 e. The fourth-order valence-corrected chi connectivity index (χ4v) is 3.52. The summed E-state index contributed by atoms with van der Waals surface area (Å²) in [5.41, 5.74) is 2.74. The van der Waals surface area contributed by atoms with Crippen LogP contribution in [-0.2, 0) is 17.8 Å². The first-order valence-electron chi connectivity index (χ1n) is 9.19. The Morgan fingerprint density at radius 3 is 2.52 bits per heavy atom. The Balaban J connectivity index is 0.00000225. The zero-order valence-corrected chi connectivity index (χ0v) is 17.5. The summed E-state index contributed by atoms with van der Waals surface area (Å²) in [6, 6.07) is 9.28. The molecule has 1 heterocycles. The first-order chi connectivity index (χ1) is 11.8. The number of morpholine rings is 1. The summed E-state index contributed by atoms with van der Waals surface area (Å²) in [6.07, 6.45) is 5.18. The molecule has 2 fully saturated rings. The van der Waals surface area contributed by atoms with Gasteiger partial charge in [-0.2, -0.15) is 0 Å². The number of rotatable bonds is 5. The van der Waals surface area contributed by atoms with E-state index in [0.29, 0.717) is 6.04 Å². The van der Waals surface area contributed by atoms with Crippen LogP contribution >= 0.6 is 24.0 Å². The lowest BCUT2D eigenvalue weighted by atomic mass is 10.1. The van der Waals surface area contributed by atoms with E-state index in [1.807, 2.05) is 7.05 Å². The number of hydrogen-bond acceptors (Lipinski definition) is 3. The summed E-state index contributed by atoms with van der Waals surface area (Å²) in [4.78, 5) is 6.85. The third kappa shape index (κ3) is 6.42. The SMILES string of the molecule is CN=C(NCc1ccccc1CN1CCOCC1)NC1CCCC1.I. The zero-order chi connectivity index (χ0) is 16.6. The van der Waals surface area contributed by atoms with Crippen LogP contribution in [0.3, 0.4) is 0 Å². The summed E-state index contributed by atoms with van der Waals surface area (Å²) >= 11 is 0. The number of nitrogens with zero attached hydrogens (tertiary/aromatic N) is 2. The van der Waals surface area contributed by atoms with Gasteiger partial charge in [-0.3, -0.25) is 9.89 Å². The molecule has 0 bridgehead atoms. The van der Waals surface area contributed by atoms with Crippen molar-refractivity contribution < 1.29 is 4.74 Å². The van der Waals surface area contributed by atoms with Crippen molar-refractivity contribution in [3.63, 3.8) is 0 Å². The van der Waals surface area contributed by atoms with Gasteiger partial charge in [0.1, 0.15) is 0 Å². The van der Waals surface area contributed by atoms with Crippen molar-refractivity contribution in [2.45, 2.75) is 44.8 Å². The van der Waals surface area contributed by atoms with Crippen molar-refractivity contribution in [1.29, 1.82) is 0 Å². The maximum absolute atomic E-state index is 5.45. The minimum atomic E-state index is 0. The number of nitrogens with one attached hydrogen (secondary N) is 2. The summed E-state index contributed by atoms with van der Waals surface area (Å²) < 4.78 is 5.45. The first kappa shape index (κ1) is 20.5. The normalized spacial score (nSPS) is 19.5. The van der Waals surface area contributed by atoms with E-state index in [1.54, 1.807) is 0 Å². The van der Waals surface area contributed by atoms with Crippen LogP contribution in [-0.4, -0.2) is 50.3 Å². The molecule has 5 nitrogen and oxygen atoms in total. The highest BCUT2D eigenvalue weighted by Crippen LogP contribution is 2.17. The first-order valence-corrected chi connectivity index (χ1v) is 9.19. The Morgan fingerprint density at radius 2 is 1.84 bits per heavy atom. The van der Waals surface area contributed by atoms with Gasteiger partial charge in [0.05, 0.1) is 13.2 Å². The molecule has 25 heavy (non-hydrogen) atoms. The predicted molar refractivity (Wildman–Crippen MR) is 114 cm³/mol. The number of aliphatic imine (C=N–C) groups is 1. The van der Waals surface area contributed by atoms with Gasteiger partial charge in [-0.15, -0.1) is 24.0 Å². The Kier molecular flexibility index (Phi) is 8.98. The molecule has 1 aliphatic carbocycles. The average Bonchev–Trinajstić information content (AvgIpc) is 3.14. The molecule has 140 valence electrons. The highest BCUT2D eigenvalue weighted by atomic mass is 127. The second-order valence-electron chi connectivity index (χ2n) is 6.71. The summed E-state index contributed by atoms with van der Waals surface area (Å²) in [7, 11) is 1.85. The van der Waals surface area contributed by atoms with Crippen LogP contribution < -0.4 is 10.6 Å². The van der Waals surface area contributed by atoms with Gasteiger partial charge in [0.2, 0.25) is 0 Å². The molecule has 0 atom stereocenters. The van der Waals surface area contributed by atoms with Gasteiger partial charge >= 0.3 is 0 Å². The van der Waals surface area contributed by atoms with Crippen LogP contribution in [0.5, 0.6) is 0 Å². The third-order valence-corrected chi connectivity index (χ3v) is 4.98. The Hall–Kier alpha value is -0.860. The van der Waals surface area contributed by atoms with Crippen molar-refractivity contribution in [3.05, 3.63) is 35.4 Å². The van der Waals surface area contributed by atoms with Crippen LogP contribution in [0.4, 0.5) is 0 Å². The highest BCUT2D eigenvalue weighted by Gasteiger charge is 2.16. The predicted octanol–water partition coefficient (Wildman–Crippen LogP) is 2.74. The molecule has 0 unspecified atom stereocenters. The molecule has 3 rings (SSSR count). The Bertz CT molecular complexity index is 540. The van der Waals surface area contributed by atoms with Crippen molar-refractivity contribution in [3.8, 4) is 0 Å². The van der Waals surface area contributed by atoms with Crippen LogP contribution in [0.25, 0.3) is 0 Å². The number of guanidine groups is 1. The molecular formula is C19H31IN4O. The maximum Gasteiger partial charge on any atom is 0.191 e. The Morgan fingerprint density at radius 1 is 1.16 bits per heavy atom. The minimum absolute atomic E-state index is 0.